The van der Waals surface area contributed by atoms with Crippen LogP contribution in [0.3, 0.4) is 0 Å². The second-order valence-electron chi connectivity index (χ2n) is 8.65. The lowest BCUT2D eigenvalue weighted by molar-refractivity contribution is 0.0724. The third-order valence-corrected chi connectivity index (χ3v) is 6.16. The van der Waals surface area contributed by atoms with E-state index in [1.165, 1.54) is 19.7 Å². The number of likely N-dealkylation sites (tertiary alicyclic amines) is 1. The van der Waals surface area contributed by atoms with Crippen LogP contribution in [0.2, 0.25) is 0 Å². The van der Waals surface area contributed by atoms with Gasteiger partial charge in [0.15, 0.2) is 11.5 Å². The monoisotopic (exact) mass is 501 g/mol. The van der Waals surface area contributed by atoms with Gasteiger partial charge in [-0.1, -0.05) is 24.3 Å². The number of rotatable bonds is 9. The molecule has 0 aliphatic carbocycles. The van der Waals surface area contributed by atoms with Gasteiger partial charge in [-0.05, 0) is 72.9 Å². The SMILES string of the molecule is COc1cc(/C=N\NC(=O)c2ccccc2OC)ccc1OCc1ccc(C(=O)N2CCCCC2)cc1. The third-order valence-electron chi connectivity index (χ3n) is 6.16. The lowest BCUT2D eigenvalue weighted by Crippen LogP contribution is -2.35. The highest BCUT2D eigenvalue weighted by Crippen LogP contribution is 2.28. The number of hydrazone groups is 1. The summed E-state index contributed by atoms with van der Waals surface area (Å²) in [5.74, 6) is 1.30. The Morgan fingerprint density at radius 2 is 1.62 bits per heavy atom. The minimum absolute atomic E-state index is 0.0881. The molecule has 1 aliphatic rings. The molecule has 1 aliphatic heterocycles. The van der Waals surface area contributed by atoms with Crippen molar-refractivity contribution in [3.8, 4) is 17.2 Å². The molecule has 3 aromatic rings. The van der Waals surface area contributed by atoms with Gasteiger partial charge >= 0.3 is 0 Å². The minimum atomic E-state index is -0.371. The number of benzene rings is 3. The fourth-order valence-electron chi connectivity index (χ4n) is 4.13. The molecule has 8 nitrogen and oxygen atoms in total. The van der Waals surface area contributed by atoms with Gasteiger partial charge < -0.3 is 19.1 Å². The Hall–Kier alpha value is -4.33. The predicted octanol–water partition coefficient (Wildman–Crippen LogP) is 4.67. The van der Waals surface area contributed by atoms with Gasteiger partial charge in [0.25, 0.3) is 11.8 Å². The highest BCUT2D eigenvalue weighted by molar-refractivity contribution is 5.97. The molecule has 0 atom stereocenters. The second kappa shape index (κ2) is 12.6. The maximum atomic E-state index is 12.7. The van der Waals surface area contributed by atoms with E-state index < -0.39 is 0 Å². The molecular weight excluding hydrogens is 470 g/mol. The molecule has 0 unspecified atom stereocenters. The van der Waals surface area contributed by atoms with Crippen LogP contribution in [0, 0.1) is 0 Å². The number of nitrogens with one attached hydrogen (secondary N) is 1. The predicted molar refractivity (Wildman–Crippen MR) is 142 cm³/mol. The average Bonchev–Trinajstić information content (AvgIpc) is 2.96. The van der Waals surface area contributed by atoms with E-state index in [0.29, 0.717) is 35.0 Å². The maximum absolute atomic E-state index is 12.7. The van der Waals surface area contributed by atoms with E-state index in [9.17, 15) is 9.59 Å². The average molecular weight is 502 g/mol. The van der Waals surface area contributed by atoms with E-state index in [1.807, 2.05) is 35.2 Å². The van der Waals surface area contributed by atoms with Crippen LogP contribution in [0.1, 0.15) is 51.1 Å². The van der Waals surface area contributed by atoms with Crippen LogP contribution < -0.4 is 19.6 Å². The first-order chi connectivity index (χ1) is 18.1. The maximum Gasteiger partial charge on any atom is 0.275 e. The van der Waals surface area contributed by atoms with Gasteiger partial charge in [-0.25, -0.2) is 5.43 Å². The zero-order valence-corrected chi connectivity index (χ0v) is 21.1. The van der Waals surface area contributed by atoms with Crippen molar-refractivity contribution < 1.29 is 23.8 Å². The van der Waals surface area contributed by atoms with Crippen LogP contribution in [-0.4, -0.2) is 50.2 Å². The van der Waals surface area contributed by atoms with Gasteiger partial charge in [0.1, 0.15) is 12.4 Å². The van der Waals surface area contributed by atoms with Crippen molar-refractivity contribution in [1.82, 2.24) is 10.3 Å². The summed E-state index contributed by atoms with van der Waals surface area (Å²) < 4.78 is 16.7. The molecule has 8 heteroatoms. The number of para-hydroxylation sites is 1. The van der Waals surface area contributed by atoms with Crippen LogP contribution in [-0.2, 0) is 6.61 Å². The molecule has 0 saturated carbocycles. The summed E-state index contributed by atoms with van der Waals surface area (Å²) in [4.78, 5) is 27.0. The highest BCUT2D eigenvalue weighted by atomic mass is 16.5. The first-order valence-electron chi connectivity index (χ1n) is 12.2. The molecule has 1 fully saturated rings. The third kappa shape index (κ3) is 6.67. The molecule has 37 heavy (non-hydrogen) atoms. The van der Waals surface area contributed by atoms with Crippen LogP contribution in [0.5, 0.6) is 17.2 Å². The summed E-state index contributed by atoms with van der Waals surface area (Å²) in [6, 6.07) is 19.8. The van der Waals surface area contributed by atoms with Crippen LogP contribution in [0.25, 0.3) is 0 Å². The molecule has 192 valence electrons. The normalized spacial score (nSPS) is 13.3. The zero-order valence-electron chi connectivity index (χ0n) is 21.1. The van der Waals surface area contributed by atoms with Crippen molar-refractivity contribution in [2.45, 2.75) is 25.9 Å². The Morgan fingerprint density at radius 3 is 2.35 bits per heavy atom. The number of amides is 2. The van der Waals surface area contributed by atoms with Gasteiger partial charge in [-0.15, -0.1) is 0 Å². The molecule has 4 rings (SSSR count). The number of nitrogens with zero attached hydrogens (tertiary/aromatic N) is 2. The molecule has 0 spiro atoms. The minimum Gasteiger partial charge on any atom is -0.496 e. The molecule has 0 bridgehead atoms. The molecule has 2 amide bonds. The van der Waals surface area contributed by atoms with E-state index in [0.717, 1.165) is 37.1 Å². The molecule has 0 radical (unpaired) electrons. The summed E-state index contributed by atoms with van der Waals surface area (Å²) in [5.41, 5.74) is 5.27. The number of hydrogen-bond donors (Lipinski definition) is 1. The Balaban J connectivity index is 1.33. The summed E-state index contributed by atoms with van der Waals surface area (Å²) in [6.45, 7) is 1.99. The van der Waals surface area contributed by atoms with E-state index in [1.54, 1.807) is 43.5 Å². The Kier molecular flexibility index (Phi) is 8.75. The van der Waals surface area contributed by atoms with Gasteiger partial charge in [0.05, 0.1) is 26.0 Å². The molecule has 1 saturated heterocycles. The summed E-state index contributed by atoms with van der Waals surface area (Å²) in [6.07, 6.45) is 4.86. The number of carbonyl (C=O) groups is 2. The van der Waals surface area contributed by atoms with Gasteiger partial charge in [-0.3, -0.25) is 9.59 Å². The summed E-state index contributed by atoms with van der Waals surface area (Å²) >= 11 is 0. The largest absolute Gasteiger partial charge is 0.496 e. The van der Waals surface area contributed by atoms with Crippen LogP contribution in [0.15, 0.2) is 71.8 Å². The smallest absolute Gasteiger partial charge is 0.275 e. The Bertz CT molecular complexity index is 1250. The van der Waals surface area contributed by atoms with E-state index in [-0.39, 0.29) is 11.8 Å². The summed E-state index contributed by atoms with van der Waals surface area (Å²) in [7, 11) is 3.07. The number of ether oxygens (including phenoxy) is 3. The van der Waals surface area contributed by atoms with E-state index >= 15 is 0 Å². The molecule has 3 aromatic carbocycles. The van der Waals surface area contributed by atoms with Crippen molar-refractivity contribution >= 4 is 18.0 Å². The lowest BCUT2D eigenvalue weighted by Gasteiger charge is -2.26. The van der Waals surface area contributed by atoms with E-state index in [4.69, 9.17) is 14.2 Å². The van der Waals surface area contributed by atoms with Crippen LogP contribution >= 0.6 is 0 Å². The van der Waals surface area contributed by atoms with E-state index in [2.05, 4.69) is 10.5 Å². The van der Waals surface area contributed by atoms with Crippen molar-refractivity contribution in [2.75, 3.05) is 27.3 Å². The standard InChI is InChI=1S/C29H31N3O5/c1-35-25-9-5-4-8-24(25)28(33)31-30-19-22-12-15-26(27(18-22)36-2)37-20-21-10-13-23(14-11-21)29(34)32-16-6-3-7-17-32/h4-5,8-15,18-19H,3,6-7,16-17,20H2,1-2H3,(H,31,33)/b30-19-. The number of piperidine rings is 1. The van der Waals surface area contributed by atoms with Gasteiger partial charge in [-0.2, -0.15) is 5.10 Å². The Labute approximate surface area is 216 Å². The van der Waals surface area contributed by atoms with Crippen molar-refractivity contribution in [3.63, 3.8) is 0 Å². The second-order valence-corrected chi connectivity index (χ2v) is 8.65. The van der Waals surface area contributed by atoms with Crippen molar-refractivity contribution in [1.29, 1.82) is 0 Å². The molecular formula is C29H31N3O5. The zero-order chi connectivity index (χ0) is 26.0. The fraction of sp³-hybridized carbons (Fsp3) is 0.276. The van der Waals surface area contributed by atoms with Crippen LogP contribution in [0.4, 0.5) is 0 Å². The highest BCUT2D eigenvalue weighted by Gasteiger charge is 2.18. The Morgan fingerprint density at radius 1 is 0.892 bits per heavy atom. The lowest BCUT2D eigenvalue weighted by atomic mass is 10.1. The molecule has 1 heterocycles. The quantitative estimate of drug-likeness (QED) is 0.340. The van der Waals surface area contributed by atoms with Crippen molar-refractivity contribution in [2.24, 2.45) is 5.10 Å². The van der Waals surface area contributed by atoms with Gasteiger partial charge in [0, 0.05) is 18.7 Å². The summed E-state index contributed by atoms with van der Waals surface area (Å²) in [5, 5.41) is 4.04. The first-order valence-corrected chi connectivity index (χ1v) is 12.2. The fourth-order valence-corrected chi connectivity index (χ4v) is 4.13. The topological polar surface area (TPSA) is 89.5 Å². The first kappa shape index (κ1) is 25.8. The molecule has 1 N–H and O–H groups in total. The number of hydrogen-bond acceptors (Lipinski definition) is 6. The molecule has 0 aromatic heterocycles. The van der Waals surface area contributed by atoms with Crippen molar-refractivity contribution in [3.05, 3.63) is 89.0 Å². The van der Waals surface area contributed by atoms with Gasteiger partial charge in [0.2, 0.25) is 0 Å². The number of methoxy groups -OCH3 is 2. The number of carbonyl (C=O) groups excluding carboxylic acids is 2.